The summed E-state index contributed by atoms with van der Waals surface area (Å²) in [7, 11) is 0. The van der Waals surface area contributed by atoms with Crippen LogP contribution in [0.15, 0.2) is 46.9 Å². The van der Waals surface area contributed by atoms with Gasteiger partial charge in [-0.05, 0) is 41.8 Å². The van der Waals surface area contributed by atoms with Gasteiger partial charge in [0.15, 0.2) is 0 Å². The van der Waals surface area contributed by atoms with E-state index < -0.39 is 0 Å². The Kier molecular flexibility index (Phi) is 5.95. The van der Waals surface area contributed by atoms with Crippen LogP contribution in [0.25, 0.3) is 0 Å². The second kappa shape index (κ2) is 7.71. The molecule has 1 N–H and O–H groups in total. The molecule has 0 spiro atoms. The van der Waals surface area contributed by atoms with Crippen molar-refractivity contribution in [1.82, 2.24) is 5.32 Å². The molecule has 0 saturated carbocycles. The summed E-state index contributed by atoms with van der Waals surface area (Å²) >= 11 is 3.48. The number of halogens is 2. The van der Waals surface area contributed by atoms with Gasteiger partial charge >= 0.3 is 0 Å². The van der Waals surface area contributed by atoms with Crippen LogP contribution in [0.2, 0.25) is 0 Å². The number of benzene rings is 2. The van der Waals surface area contributed by atoms with Gasteiger partial charge in [0.2, 0.25) is 0 Å². The second-order valence-electron chi connectivity index (χ2n) is 5.15. The Hall–Kier alpha value is -1.19. The minimum atomic E-state index is -0.222. The molecule has 0 aliphatic rings. The van der Waals surface area contributed by atoms with Crippen molar-refractivity contribution in [2.75, 3.05) is 6.54 Å². The number of hydrogen-bond donors (Lipinski definition) is 1. The first-order valence-electron chi connectivity index (χ1n) is 7.42. The van der Waals surface area contributed by atoms with Gasteiger partial charge in [-0.25, -0.2) is 4.39 Å². The number of aryl methyl sites for hydroxylation is 1. The predicted molar refractivity (Wildman–Crippen MR) is 90.1 cm³/mol. The third-order valence-electron chi connectivity index (χ3n) is 3.50. The van der Waals surface area contributed by atoms with Gasteiger partial charge in [0, 0.05) is 4.47 Å². The number of rotatable bonds is 6. The zero-order valence-electron chi connectivity index (χ0n) is 12.5. The van der Waals surface area contributed by atoms with Crippen LogP contribution in [0.3, 0.4) is 0 Å². The zero-order chi connectivity index (χ0) is 15.2. The molecule has 1 unspecified atom stereocenters. The fraction of sp³-hybridized carbons (Fsp3) is 0.333. The Morgan fingerprint density at radius 3 is 2.62 bits per heavy atom. The van der Waals surface area contributed by atoms with Gasteiger partial charge in [0.05, 0.1) is 6.04 Å². The Bertz CT molecular complexity index is 598. The average Bonchev–Trinajstić information content (AvgIpc) is 2.46. The first kappa shape index (κ1) is 16.2. The molecule has 0 amide bonds. The largest absolute Gasteiger partial charge is 0.306 e. The summed E-state index contributed by atoms with van der Waals surface area (Å²) in [5.41, 5.74) is 3.62. The Labute approximate surface area is 134 Å². The van der Waals surface area contributed by atoms with E-state index in [1.165, 1.54) is 23.3 Å². The fourth-order valence-electron chi connectivity index (χ4n) is 2.56. The average molecular weight is 350 g/mol. The van der Waals surface area contributed by atoms with Crippen LogP contribution in [0.4, 0.5) is 4.39 Å². The summed E-state index contributed by atoms with van der Waals surface area (Å²) in [4.78, 5) is 0. The van der Waals surface area contributed by atoms with Gasteiger partial charge in [-0.2, -0.15) is 0 Å². The van der Waals surface area contributed by atoms with E-state index >= 15 is 0 Å². The summed E-state index contributed by atoms with van der Waals surface area (Å²) in [6, 6.07) is 13.6. The second-order valence-corrected chi connectivity index (χ2v) is 6.01. The molecule has 0 fully saturated rings. The summed E-state index contributed by atoms with van der Waals surface area (Å²) in [5.74, 6) is -0.222. The maximum Gasteiger partial charge on any atom is 0.124 e. The van der Waals surface area contributed by atoms with Crippen molar-refractivity contribution in [3.05, 3.63) is 69.4 Å². The molecular weight excluding hydrogens is 329 g/mol. The van der Waals surface area contributed by atoms with Gasteiger partial charge < -0.3 is 5.32 Å². The number of nitrogens with one attached hydrogen (secondary N) is 1. The van der Waals surface area contributed by atoms with Crippen molar-refractivity contribution >= 4 is 15.9 Å². The van der Waals surface area contributed by atoms with Crippen LogP contribution in [-0.2, 0) is 6.42 Å². The zero-order valence-corrected chi connectivity index (χ0v) is 14.1. The molecule has 0 radical (unpaired) electrons. The first-order chi connectivity index (χ1) is 10.2. The first-order valence-corrected chi connectivity index (χ1v) is 8.22. The lowest BCUT2D eigenvalue weighted by molar-refractivity contribution is 0.610. The van der Waals surface area contributed by atoms with Gasteiger partial charge in [0.25, 0.3) is 0 Å². The highest BCUT2D eigenvalue weighted by atomic mass is 79.9. The minimum absolute atomic E-state index is 0.0711. The lowest BCUT2D eigenvalue weighted by Crippen LogP contribution is -2.22. The van der Waals surface area contributed by atoms with E-state index in [2.05, 4.69) is 59.4 Å². The minimum Gasteiger partial charge on any atom is -0.306 e. The molecule has 1 nitrogen and oxygen atoms in total. The van der Waals surface area contributed by atoms with E-state index in [0.29, 0.717) is 0 Å². The Morgan fingerprint density at radius 1 is 1.14 bits per heavy atom. The van der Waals surface area contributed by atoms with Crippen molar-refractivity contribution in [3.63, 3.8) is 0 Å². The van der Waals surface area contributed by atoms with Gasteiger partial charge in [-0.1, -0.05) is 66.5 Å². The third kappa shape index (κ3) is 4.14. The maximum atomic E-state index is 13.3. The van der Waals surface area contributed by atoms with E-state index in [0.717, 1.165) is 29.4 Å². The third-order valence-corrected chi connectivity index (χ3v) is 4.19. The molecule has 1 atom stereocenters. The molecule has 0 saturated heterocycles. The van der Waals surface area contributed by atoms with Crippen molar-refractivity contribution < 1.29 is 4.39 Å². The van der Waals surface area contributed by atoms with Crippen LogP contribution >= 0.6 is 15.9 Å². The van der Waals surface area contributed by atoms with E-state index in [-0.39, 0.29) is 11.9 Å². The van der Waals surface area contributed by atoms with Crippen LogP contribution in [0, 0.1) is 5.82 Å². The summed E-state index contributed by atoms with van der Waals surface area (Å²) < 4.78 is 14.1. The quantitative estimate of drug-likeness (QED) is 0.751. The van der Waals surface area contributed by atoms with Crippen molar-refractivity contribution in [2.24, 2.45) is 0 Å². The standard InChI is InChI=1S/C18H21BrFN/c1-3-6-13-7-5-8-14(11-13)18(21-4-2)16-10-9-15(20)12-17(16)19/h5,7-12,18,21H,3-4,6H2,1-2H3. The molecule has 3 heteroatoms. The summed E-state index contributed by atoms with van der Waals surface area (Å²) in [6.07, 6.45) is 2.22. The molecule has 0 aliphatic heterocycles. The monoisotopic (exact) mass is 349 g/mol. The van der Waals surface area contributed by atoms with Gasteiger partial charge in [-0.3, -0.25) is 0 Å². The maximum absolute atomic E-state index is 13.3. The Balaban J connectivity index is 2.40. The predicted octanol–water partition coefficient (Wildman–Crippen LogP) is 5.24. The molecule has 2 aromatic carbocycles. The van der Waals surface area contributed by atoms with Crippen molar-refractivity contribution in [1.29, 1.82) is 0 Å². The van der Waals surface area contributed by atoms with Crippen LogP contribution in [-0.4, -0.2) is 6.54 Å². The van der Waals surface area contributed by atoms with Gasteiger partial charge in [0.1, 0.15) is 5.82 Å². The number of hydrogen-bond acceptors (Lipinski definition) is 1. The highest BCUT2D eigenvalue weighted by molar-refractivity contribution is 9.10. The van der Waals surface area contributed by atoms with Crippen molar-refractivity contribution in [3.8, 4) is 0 Å². The van der Waals surface area contributed by atoms with E-state index in [4.69, 9.17) is 0 Å². The molecule has 0 aliphatic carbocycles. The molecule has 21 heavy (non-hydrogen) atoms. The SMILES string of the molecule is CCCc1cccc(C(NCC)c2ccc(F)cc2Br)c1. The van der Waals surface area contributed by atoms with Gasteiger partial charge in [-0.15, -0.1) is 0 Å². The molecular formula is C18H21BrFN. The van der Waals surface area contributed by atoms with E-state index in [1.54, 1.807) is 0 Å². The Morgan fingerprint density at radius 2 is 1.95 bits per heavy atom. The highest BCUT2D eigenvalue weighted by Gasteiger charge is 2.16. The molecule has 2 rings (SSSR count). The van der Waals surface area contributed by atoms with Crippen LogP contribution in [0.1, 0.15) is 43.0 Å². The lowest BCUT2D eigenvalue weighted by Gasteiger charge is -2.21. The van der Waals surface area contributed by atoms with Crippen LogP contribution < -0.4 is 5.32 Å². The van der Waals surface area contributed by atoms with E-state index in [1.807, 2.05) is 6.07 Å². The molecule has 0 aromatic heterocycles. The summed E-state index contributed by atoms with van der Waals surface area (Å²) in [6.45, 7) is 5.12. The molecule has 0 heterocycles. The molecule has 112 valence electrons. The van der Waals surface area contributed by atoms with E-state index in [9.17, 15) is 4.39 Å². The summed E-state index contributed by atoms with van der Waals surface area (Å²) in [5, 5.41) is 3.49. The lowest BCUT2D eigenvalue weighted by atomic mass is 9.96. The fourth-order valence-corrected chi connectivity index (χ4v) is 3.14. The molecule has 0 bridgehead atoms. The van der Waals surface area contributed by atoms with Crippen molar-refractivity contribution in [2.45, 2.75) is 32.7 Å². The van der Waals surface area contributed by atoms with Crippen LogP contribution in [0.5, 0.6) is 0 Å². The smallest absolute Gasteiger partial charge is 0.124 e. The normalized spacial score (nSPS) is 12.4. The highest BCUT2D eigenvalue weighted by Crippen LogP contribution is 2.29. The molecule has 2 aromatic rings. The topological polar surface area (TPSA) is 12.0 Å².